The van der Waals surface area contributed by atoms with E-state index < -0.39 is 5.54 Å². The highest BCUT2D eigenvalue weighted by Gasteiger charge is 2.53. The second-order valence-corrected chi connectivity index (χ2v) is 8.47. The van der Waals surface area contributed by atoms with E-state index in [1.807, 2.05) is 4.90 Å². The number of piperidine rings is 2. The molecule has 4 rings (SSSR count). The molecule has 2 N–H and O–H groups in total. The number of carbonyl (C=O) groups excluding carboxylic acids is 2. The number of fused-ring (bicyclic) bond motifs is 1. The van der Waals surface area contributed by atoms with Crippen LogP contribution in [-0.2, 0) is 9.53 Å². The summed E-state index contributed by atoms with van der Waals surface area (Å²) >= 11 is 0. The van der Waals surface area contributed by atoms with Gasteiger partial charge in [0.2, 0.25) is 11.5 Å². The molecule has 158 valence electrons. The molecule has 3 aliphatic rings. The number of ether oxygens (including phenoxy) is 1. The largest absolute Gasteiger partial charge is 0.381 e. The first kappa shape index (κ1) is 20.1. The Kier molecular flexibility index (Phi) is 5.74. The fraction of sp³-hybridized carbons (Fsp3) is 0.667. The van der Waals surface area contributed by atoms with Gasteiger partial charge >= 0.3 is 0 Å². The van der Waals surface area contributed by atoms with Gasteiger partial charge in [-0.3, -0.25) is 19.3 Å². The molecule has 3 saturated heterocycles. The summed E-state index contributed by atoms with van der Waals surface area (Å²) in [4.78, 5) is 44.5. The number of hydrogen-bond donors (Lipinski definition) is 2. The molecule has 29 heavy (non-hydrogen) atoms. The lowest BCUT2D eigenvalue weighted by molar-refractivity contribution is -0.147. The van der Waals surface area contributed by atoms with Crippen LogP contribution in [0.2, 0.25) is 0 Å². The maximum Gasteiger partial charge on any atom is 0.268 e. The van der Waals surface area contributed by atoms with Crippen LogP contribution in [0.1, 0.15) is 49.0 Å². The third-order valence-electron chi connectivity index (χ3n) is 6.71. The molecule has 0 saturated carbocycles. The predicted molar refractivity (Wildman–Crippen MR) is 108 cm³/mol. The molecule has 2 atom stereocenters. The third-order valence-corrected chi connectivity index (χ3v) is 6.71. The SMILES string of the molecule is COC1CCN(C(=O)[C@]23CCCCN2C[C@@H](NC(=O)c2cccc(=O)[nH]2)C3)CC1. The molecule has 8 heteroatoms. The average Bonchev–Trinajstić information content (AvgIpc) is 3.12. The van der Waals surface area contributed by atoms with Crippen LogP contribution in [0, 0.1) is 0 Å². The van der Waals surface area contributed by atoms with Crippen LogP contribution < -0.4 is 10.9 Å². The van der Waals surface area contributed by atoms with Gasteiger partial charge in [-0.15, -0.1) is 0 Å². The zero-order valence-corrected chi connectivity index (χ0v) is 17.0. The number of amides is 2. The van der Waals surface area contributed by atoms with Crippen molar-refractivity contribution in [2.24, 2.45) is 0 Å². The number of carbonyl (C=O) groups is 2. The minimum absolute atomic E-state index is 0.107. The van der Waals surface area contributed by atoms with Crippen molar-refractivity contribution in [1.29, 1.82) is 0 Å². The number of nitrogens with zero attached hydrogens (tertiary/aromatic N) is 2. The first-order valence-electron chi connectivity index (χ1n) is 10.6. The summed E-state index contributed by atoms with van der Waals surface area (Å²) in [6.45, 7) is 3.02. The van der Waals surface area contributed by atoms with Gasteiger partial charge in [-0.05, 0) is 51.1 Å². The second kappa shape index (κ2) is 8.28. The number of methoxy groups -OCH3 is 1. The number of pyridine rings is 1. The molecule has 0 bridgehead atoms. The van der Waals surface area contributed by atoms with E-state index in [2.05, 4.69) is 15.2 Å². The summed E-state index contributed by atoms with van der Waals surface area (Å²) in [7, 11) is 1.73. The van der Waals surface area contributed by atoms with E-state index in [-0.39, 0.29) is 35.2 Å². The smallest absolute Gasteiger partial charge is 0.268 e. The lowest BCUT2D eigenvalue weighted by Gasteiger charge is -2.45. The fourth-order valence-corrected chi connectivity index (χ4v) is 5.19. The number of rotatable bonds is 4. The summed E-state index contributed by atoms with van der Waals surface area (Å²) in [6.07, 6.45) is 5.56. The Morgan fingerprint density at radius 2 is 2.00 bits per heavy atom. The highest BCUT2D eigenvalue weighted by atomic mass is 16.5. The Morgan fingerprint density at radius 1 is 1.21 bits per heavy atom. The van der Waals surface area contributed by atoms with Crippen LogP contribution in [0.15, 0.2) is 23.0 Å². The van der Waals surface area contributed by atoms with Crippen LogP contribution in [0.5, 0.6) is 0 Å². The fourth-order valence-electron chi connectivity index (χ4n) is 5.19. The normalized spacial score (nSPS) is 28.2. The summed E-state index contributed by atoms with van der Waals surface area (Å²) in [6, 6.07) is 4.44. The van der Waals surface area contributed by atoms with Crippen LogP contribution in [-0.4, -0.2) is 77.6 Å². The van der Waals surface area contributed by atoms with Gasteiger partial charge in [0.05, 0.1) is 6.10 Å². The molecule has 0 aromatic carbocycles. The van der Waals surface area contributed by atoms with Gasteiger partial charge in [-0.2, -0.15) is 0 Å². The molecule has 1 aromatic heterocycles. The monoisotopic (exact) mass is 402 g/mol. The van der Waals surface area contributed by atoms with Gasteiger partial charge in [0, 0.05) is 38.9 Å². The van der Waals surface area contributed by atoms with Gasteiger partial charge in [0.15, 0.2) is 0 Å². The average molecular weight is 402 g/mol. The molecule has 2 amide bonds. The molecule has 3 aliphatic heterocycles. The van der Waals surface area contributed by atoms with Gasteiger partial charge in [0.25, 0.3) is 5.91 Å². The molecule has 0 spiro atoms. The Labute approximate surface area is 170 Å². The van der Waals surface area contributed by atoms with E-state index in [0.717, 1.165) is 51.7 Å². The number of aromatic nitrogens is 1. The van der Waals surface area contributed by atoms with E-state index >= 15 is 0 Å². The lowest BCUT2D eigenvalue weighted by atomic mass is 9.83. The van der Waals surface area contributed by atoms with Crippen molar-refractivity contribution in [3.05, 3.63) is 34.2 Å². The Balaban J connectivity index is 1.47. The number of H-pyrrole nitrogens is 1. The number of aromatic amines is 1. The quantitative estimate of drug-likeness (QED) is 0.775. The van der Waals surface area contributed by atoms with Crippen molar-refractivity contribution in [3.63, 3.8) is 0 Å². The molecule has 3 fully saturated rings. The van der Waals surface area contributed by atoms with Crippen LogP contribution in [0.3, 0.4) is 0 Å². The van der Waals surface area contributed by atoms with Crippen molar-refractivity contribution in [2.45, 2.75) is 56.2 Å². The molecule has 0 unspecified atom stereocenters. The van der Waals surface area contributed by atoms with Crippen molar-refractivity contribution < 1.29 is 14.3 Å². The maximum absolute atomic E-state index is 13.6. The highest BCUT2D eigenvalue weighted by Crippen LogP contribution is 2.40. The molecule has 0 radical (unpaired) electrons. The summed E-state index contributed by atoms with van der Waals surface area (Å²) < 4.78 is 5.44. The van der Waals surface area contributed by atoms with Crippen LogP contribution in [0.4, 0.5) is 0 Å². The zero-order valence-electron chi connectivity index (χ0n) is 17.0. The maximum atomic E-state index is 13.6. The zero-order chi connectivity index (χ0) is 20.4. The standard InChI is InChI=1S/C21H30N4O4/c1-29-16-7-11-24(12-8-16)20(28)21-9-2-3-10-25(21)14-15(13-21)22-19(27)17-5-4-6-18(26)23-17/h4-6,15-16H,2-3,7-14H2,1H3,(H,22,27)(H,23,26)/t15-,21+/m0/s1. The number of likely N-dealkylation sites (tertiary alicyclic amines) is 1. The minimum Gasteiger partial charge on any atom is -0.381 e. The summed E-state index contributed by atoms with van der Waals surface area (Å²) in [5, 5.41) is 3.04. The van der Waals surface area contributed by atoms with Crippen molar-refractivity contribution in [2.75, 3.05) is 33.3 Å². The second-order valence-electron chi connectivity index (χ2n) is 8.47. The van der Waals surface area contributed by atoms with E-state index in [4.69, 9.17) is 4.74 Å². The van der Waals surface area contributed by atoms with Gasteiger partial charge in [-0.25, -0.2) is 0 Å². The molecular formula is C21H30N4O4. The number of nitrogens with one attached hydrogen (secondary N) is 2. The van der Waals surface area contributed by atoms with Crippen LogP contribution >= 0.6 is 0 Å². The van der Waals surface area contributed by atoms with E-state index in [9.17, 15) is 14.4 Å². The highest BCUT2D eigenvalue weighted by molar-refractivity contribution is 5.93. The third kappa shape index (κ3) is 3.96. The molecule has 4 heterocycles. The topological polar surface area (TPSA) is 94.7 Å². The number of hydrogen-bond acceptors (Lipinski definition) is 5. The van der Waals surface area contributed by atoms with Crippen molar-refractivity contribution in [3.8, 4) is 0 Å². The molecule has 1 aromatic rings. The van der Waals surface area contributed by atoms with Gasteiger partial charge in [0.1, 0.15) is 11.2 Å². The summed E-state index contributed by atoms with van der Waals surface area (Å²) in [5.74, 6) is -0.0901. The Hall–Kier alpha value is -2.19. The molecule has 8 nitrogen and oxygen atoms in total. The Morgan fingerprint density at radius 3 is 2.72 bits per heavy atom. The predicted octanol–water partition coefficient (Wildman–Crippen LogP) is 0.739. The van der Waals surface area contributed by atoms with Gasteiger partial charge < -0.3 is 19.9 Å². The van der Waals surface area contributed by atoms with Crippen LogP contribution in [0.25, 0.3) is 0 Å². The molecule has 0 aliphatic carbocycles. The van der Waals surface area contributed by atoms with Gasteiger partial charge in [-0.1, -0.05) is 6.07 Å². The van der Waals surface area contributed by atoms with Crippen molar-refractivity contribution in [1.82, 2.24) is 20.1 Å². The minimum atomic E-state index is -0.514. The first-order valence-corrected chi connectivity index (χ1v) is 10.6. The van der Waals surface area contributed by atoms with E-state index in [1.54, 1.807) is 19.2 Å². The van der Waals surface area contributed by atoms with E-state index in [1.165, 1.54) is 6.07 Å². The Bertz CT molecular complexity index is 817. The molecular weight excluding hydrogens is 372 g/mol. The summed E-state index contributed by atoms with van der Waals surface area (Å²) in [5.41, 5.74) is -0.558. The first-order chi connectivity index (χ1) is 14.0. The van der Waals surface area contributed by atoms with Crippen molar-refractivity contribution >= 4 is 11.8 Å². The van der Waals surface area contributed by atoms with E-state index in [0.29, 0.717) is 13.0 Å². The lowest BCUT2D eigenvalue weighted by Crippen LogP contribution is -2.59.